The monoisotopic (exact) mass is 243 g/mol. The van der Waals surface area contributed by atoms with Crippen molar-refractivity contribution in [3.8, 4) is 0 Å². The van der Waals surface area contributed by atoms with E-state index in [1.165, 1.54) is 6.07 Å². The summed E-state index contributed by atoms with van der Waals surface area (Å²) in [5.74, 6) is 1.15. The summed E-state index contributed by atoms with van der Waals surface area (Å²) in [5, 5.41) is 15.1. The first-order chi connectivity index (χ1) is 8.75. The van der Waals surface area contributed by atoms with Crippen molar-refractivity contribution in [3.63, 3.8) is 0 Å². The molecule has 0 amide bonds. The normalized spacial score (nSPS) is 26.8. The Morgan fingerprint density at radius 3 is 3.00 bits per heavy atom. The van der Waals surface area contributed by atoms with Crippen LogP contribution in [0, 0.1) is 22.0 Å². The molecule has 0 radical (unpaired) electrons. The molecular weight excluding hydrogens is 230 g/mol. The van der Waals surface area contributed by atoms with Gasteiger partial charge in [0.25, 0.3) is 5.69 Å². The summed E-state index contributed by atoms with van der Waals surface area (Å²) < 4.78 is 0. The van der Waals surface area contributed by atoms with Gasteiger partial charge in [0.2, 0.25) is 0 Å². The summed E-state index contributed by atoms with van der Waals surface area (Å²) in [4.78, 5) is 10.4. The van der Waals surface area contributed by atoms with Gasteiger partial charge in [-0.1, -0.05) is 24.3 Å². The number of hydrogen-bond donors (Lipinski definition) is 1. The SMILES string of the molecule is O=[N+]([O-])c1ccccc1N/N=C1/C[C@@H]2CC=C[C@@H]12. The molecule has 0 bridgehead atoms. The third-order valence-electron chi connectivity index (χ3n) is 3.57. The Morgan fingerprint density at radius 2 is 2.22 bits per heavy atom. The van der Waals surface area contributed by atoms with Gasteiger partial charge in [-0.05, 0) is 24.8 Å². The van der Waals surface area contributed by atoms with Gasteiger partial charge >= 0.3 is 0 Å². The molecule has 18 heavy (non-hydrogen) atoms. The summed E-state index contributed by atoms with van der Waals surface area (Å²) in [7, 11) is 0. The lowest BCUT2D eigenvalue weighted by molar-refractivity contribution is -0.384. The fraction of sp³-hybridized carbons (Fsp3) is 0.308. The Hall–Kier alpha value is -2.17. The summed E-state index contributed by atoms with van der Waals surface area (Å²) in [6.07, 6.45) is 6.48. The fourth-order valence-corrected chi connectivity index (χ4v) is 2.52. The number of hydrazone groups is 1. The van der Waals surface area contributed by atoms with Crippen molar-refractivity contribution in [2.75, 3.05) is 5.43 Å². The lowest BCUT2D eigenvalue weighted by Crippen LogP contribution is -2.33. The van der Waals surface area contributed by atoms with Crippen molar-refractivity contribution in [1.82, 2.24) is 0 Å². The number of nitrogens with one attached hydrogen (secondary N) is 1. The fourth-order valence-electron chi connectivity index (χ4n) is 2.52. The van der Waals surface area contributed by atoms with Crippen molar-refractivity contribution in [2.45, 2.75) is 12.8 Å². The van der Waals surface area contributed by atoms with Crippen molar-refractivity contribution >= 4 is 17.1 Å². The Kier molecular flexibility index (Phi) is 2.59. The van der Waals surface area contributed by atoms with Gasteiger partial charge in [0, 0.05) is 17.7 Å². The molecule has 1 aromatic carbocycles. The van der Waals surface area contributed by atoms with Crippen LogP contribution in [0.3, 0.4) is 0 Å². The molecule has 3 rings (SSSR count). The van der Waals surface area contributed by atoms with Crippen LogP contribution in [-0.2, 0) is 0 Å². The second-order valence-corrected chi connectivity index (χ2v) is 4.64. The Bertz CT molecular complexity index is 551. The van der Waals surface area contributed by atoms with E-state index < -0.39 is 4.92 Å². The van der Waals surface area contributed by atoms with E-state index >= 15 is 0 Å². The van der Waals surface area contributed by atoms with E-state index in [9.17, 15) is 10.1 Å². The minimum absolute atomic E-state index is 0.0553. The van der Waals surface area contributed by atoms with Crippen LogP contribution in [0.4, 0.5) is 11.4 Å². The minimum atomic E-state index is -0.401. The van der Waals surface area contributed by atoms with Crippen molar-refractivity contribution < 1.29 is 4.92 Å². The molecule has 0 heterocycles. The lowest BCUT2D eigenvalue weighted by atomic mass is 9.74. The number of allylic oxidation sites excluding steroid dienone is 2. The number of hydrogen-bond acceptors (Lipinski definition) is 4. The largest absolute Gasteiger partial charge is 0.294 e. The van der Waals surface area contributed by atoms with Gasteiger partial charge in [0.05, 0.1) is 4.92 Å². The highest BCUT2D eigenvalue weighted by Gasteiger charge is 2.37. The zero-order chi connectivity index (χ0) is 12.5. The molecule has 92 valence electrons. The molecule has 1 saturated carbocycles. The average Bonchev–Trinajstić information content (AvgIpc) is 2.71. The van der Waals surface area contributed by atoms with E-state index in [2.05, 4.69) is 22.7 Å². The number of nitro groups is 1. The van der Waals surface area contributed by atoms with Gasteiger partial charge in [-0.2, -0.15) is 5.10 Å². The molecule has 0 aliphatic heterocycles. The molecule has 0 spiro atoms. The van der Waals surface area contributed by atoms with Gasteiger partial charge in [0.1, 0.15) is 5.69 Å². The van der Waals surface area contributed by atoms with Gasteiger partial charge < -0.3 is 0 Å². The van der Waals surface area contributed by atoms with E-state index in [0.29, 0.717) is 17.5 Å². The molecule has 1 N–H and O–H groups in total. The maximum absolute atomic E-state index is 10.8. The Morgan fingerprint density at radius 1 is 1.39 bits per heavy atom. The first kappa shape index (κ1) is 11.0. The minimum Gasteiger partial charge on any atom is -0.272 e. The van der Waals surface area contributed by atoms with E-state index in [4.69, 9.17) is 0 Å². The second kappa shape index (κ2) is 4.25. The number of para-hydroxylation sites is 2. The van der Waals surface area contributed by atoms with Crippen molar-refractivity contribution in [3.05, 3.63) is 46.5 Å². The number of anilines is 1. The second-order valence-electron chi connectivity index (χ2n) is 4.64. The zero-order valence-corrected chi connectivity index (χ0v) is 9.74. The zero-order valence-electron chi connectivity index (χ0n) is 9.74. The van der Waals surface area contributed by atoms with Crippen LogP contribution in [-0.4, -0.2) is 10.6 Å². The molecule has 1 aromatic rings. The maximum atomic E-state index is 10.8. The number of nitrogens with zero attached hydrogens (tertiary/aromatic N) is 2. The molecular formula is C13H13N3O2. The highest BCUT2D eigenvalue weighted by Crippen LogP contribution is 2.40. The van der Waals surface area contributed by atoms with Crippen molar-refractivity contribution in [1.29, 1.82) is 0 Å². The Labute approximate surface area is 104 Å². The average molecular weight is 243 g/mol. The summed E-state index contributed by atoms with van der Waals surface area (Å²) >= 11 is 0. The smallest absolute Gasteiger partial charge is 0.272 e. The molecule has 2 aliphatic carbocycles. The quantitative estimate of drug-likeness (QED) is 0.504. The maximum Gasteiger partial charge on any atom is 0.294 e. The summed E-state index contributed by atoms with van der Waals surface area (Å²) in [5.41, 5.74) is 4.41. The third-order valence-corrected chi connectivity index (χ3v) is 3.57. The van der Waals surface area contributed by atoms with Gasteiger partial charge in [-0.25, -0.2) is 0 Å². The molecule has 0 unspecified atom stereocenters. The molecule has 2 atom stereocenters. The number of nitro benzene ring substituents is 1. The predicted octanol–water partition coefficient (Wildman–Crippen LogP) is 2.96. The standard InChI is InChI=1S/C13H13N3O2/c17-16(18)13-7-2-1-6-11(13)14-15-12-8-9-4-3-5-10(9)12/h1-3,5-7,9-10,14H,4,8H2/b15-12-/t9-,10+/m0/s1. The number of benzene rings is 1. The van der Waals surface area contributed by atoms with E-state index in [1.54, 1.807) is 18.2 Å². The van der Waals surface area contributed by atoms with Crippen LogP contribution in [0.1, 0.15) is 12.8 Å². The van der Waals surface area contributed by atoms with E-state index in [0.717, 1.165) is 18.6 Å². The van der Waals surface area contributed by atoms with Gasteiger partial charge in [-0.15, -0.1) is 0 Å². The van der Waals surface area contributed by atoms with Crippen LogP contribution in [0.5, 0.6) is 0 Å². The lowest BCUT2D eigenvalue weighted by Gasteiger charge is -2.31. The van der Waals surface area contributed by atoms with Gasteiger partial charge in [0.15, 0.2) is 0 Å². The molecule has 1 fully saturated rings. The number of fused-ring (bicyclic) bond motifs is 1. The molecule has 2 aliphatic rings. The molecule has 0 aromatic heterocycles. The predicted molar refractivity (Wildman–Crippen MR) is 69.5 cm³/mol. The molecule has 5 heteroatoms. The van der Waals surface area contributed by atoms with Crippen LogP contribution in [0.15, 0.2) is 41.5 Å². The van der Waals surface area contributed by atoms with Crippen molar-refractivity contribution in [2.24, 2.45) is 16.9 Å². The number of rotatable bonds is 3. The summed E-state index contributed by atoms with van der Waals surface area (Å²) in [6, 6.07) is 6.55. The first-order valence-electron chi connectivity index (χ1n) is 5.98. The topological polar surface area (TPSA) is 67.5 Å². The van der Waals surface area contributed by atoms with E-state index in [1.807, 2.05) is 0 Å². The third kappa shape index (κ3) is 1.77. The molecule has 0 saturated heterocycles. The highest BCUT2D eigenvalue weighted by atomic mass is 16.6. The first-order valence-corrected chi connectivity index (χ1v) is 5.98. The van der Waals surface area contributed by atoms with Crippen LogP contribution in [0.25, 0.3) is 0 Å². The molecule has 5 nitrogen and oxygen atoms in total. The van der Waals surface area contributed by atoms with Crippen LogP contribution in [0.2, 0.25) is 0 Å². The van der Waals surface area contributed by atoms with Crippen LogP contribution >= 0.6 is 0 Å². The van der Waals surface area contributed by atoms with E-state index in [-0.39, 0.29) is 5.69 Å². The highest BCUT2D eigenvalue weighted by molar-refractivity contribution is 5.95. The Balaban J connectivity index is 1.76. The van der Waals surface area contributed by atoms with Crippen LogP contribution < -0.4 is 5.43 Å². The summed E-state index contributed by atoms with van der Waals surface area (Å²) in [6.45, 7) is 0. The van der Waals surface area contributed by atoms with Gasteiger partial charge in [-0.3, -0.25) is 15.5 Å².